The summed E-state index contributed by atoms with van der Waals surface area (Å²) in [6, 6.07) is 7.18. The van der Waals surface area contributed by atoms with Crippen LogP contribution < -0.4 is 5.73 Å². The second kappa shape index (κ2) is 6.56. The van der Waals surface area contributed by atoms with Crippen LogP contribution in [-0.4, -0.2) is 6.04 Å². The first-order valence-electron chi connectivity index (χ1n) is 7.93. The summed E-state index contributed by atoms with van der Waals surface area (Å²) in [6.45, 7) is 6.68. The maximum absolute atomic E-state index is 6.55. The lowest BCUT2D eigenvalue weighted by Crippen LogP contribution is -2.38. The normalized spacial score (nSPS) is 25.3. The summed E-state index contributed by atoms with van der Waals surface area (Å²) in [5, 5.41) is 0. The van der Waals surface area contributed by atoms with Gasteiger partial charge in [0.2, 0.25) is 0 Å². The van der Waals surface area contributed by atoms with Crippen LogP contribution in [0.15, 0.2) is 18.2 Å². The van der Waals surface area contributed by atoms with E-state index in [9.17, 15) is 0 Å². The van der Waals surface area contributed by atoms with Crippen molar-refractivity contribution >= 4 is 0 Å². The molecule has 1 aromatic rings. The third-order valence-corrected chi connectivity index (χ3v) is 4.80. The van der Waals surface area contributed by atoms with E-state index >= 15 is 0 Å². The lowest BCUT2D eigenvalue weighted by molar-refractivity contribution is 0.195. The number of aryl methyl sites for hydroxylation is 2. The van der Waals surface area contributed by atoms with Crippen molar-refractivity contribution < 1.29 is 0 Å². The fourth-order valence-corrected chi connectivity index (χ4v) is 3.92. The molecule has 1 aliphatic carbocycles. The lowest BCUT2D eigenvalue weighted by atomic mass is 9.73. The molecule has 1 fully saturated rings. The standard InChI is InChI=1S/C18H29N/c1-4-16-7-5-6-8-17(16)18(19)12-15-10-13(2)9-14(3)11-15/h9-11,16-18H,4-8,12,19H2,1-3H3. The van der Waals surface area contributed by atoms with E-state index in [0.29, 0.717) is 6.04 Å². The number of nitrogens with two attached hydrogens (primary N) is 1. The Morgan fingerprint density at radius 3 is 2.37 bits per heavy atom. The highest BCUT2D eigenvalue weighted by Crippen LogP contribution is 2.34. The third-order valence-electron chi connectivity index (χ3n) is 4.80. The van der Waals surface area contributed by atoms with Crippen molar-refractivity contribution in [2.24, 2.45) is 17.6 Å². The van der Waals surface area contributed by atoms with Crippen LogP contribution in [-0.2, 0) is 6.42 Å². The number of hydrogen-bond acceptors (Lipinski definition) is 1. The molecule has 0 saturated heterocycles. The Hall–Kier alpha value is -0.820. The average Bonchev–Trinajstić information content (AvgIpc) is 2.37. The van der Waals surface area contributed by atoms with E-state index in [2.05, 4.69) is 39.0 Å². The monoisotopic (exact) mass is 259 g/mol. The minimum absolute atomic E-state index is 0.339. The van der Waals surface area contributed by atoms with Crippen LogP contribution in [0.2, 0.25) is 0 Å². The van der Waals surface area contributed by atoms with E-state index in [4.69, 9.17) is 5.73 Å². The van der Waals surface area contributed by atoms with Crippen molar-refractivity contribution in [3.05, 3.63) is 34.9 Å². The number of hydrogen-bond donors (Lipinski definition) is 1. The van der Waals surface area contributed by atoms with Gasteiger partial charge in [-0.1, -0.05) is 61.9 Å². The van der Waals surface area contributed by atoms with Crippen molar-refractivity contribution in [1.82, 2.24) is 0 Å². The number of rotatable bonds is 4. The van der Waals surface area contributed by atoms with Gasteiger partial charge in [0, 0.05) is 6.04 Å². The topological polar surface area (TPSA) is 26.0 Å². The van der Waals surface area contributed by atoms with Crippen molar-refractivity contribution in [3.63, 3.8) is 0 Å². The van der Waals surface area contributed by atoms with Crippen LogP contribution in [0.25, 0.3) is 0 Å². The van der Waals surface area contributed by atoms with Gasteiger partial charge in [-0.25, -0.2) is 0 Å². The summed E-state index contributed by atoms with van der Waals surface area (Å²) in [6.07, 6.45) is 7.86. The highest BCUT2D eigenvalue weighted by molar-refractivity contribution is 5.29. The second-order valence-electron chi connectivity index (χ2n) is 6.48. The van der Waals surface area contributed by atoms with Gasteiger partial charge < -0.3 is 5.73 Å². The molecule has 3 atom stereocenters. The van der Waals surface area contributed by atoms with Crippen LogP contribution in [0.1, 0.15) is 55.7 Å². The summed E-state index contributed by atoms with van der Waals surface area (Å²) in [7, 11) is 0. The van der Waals surface area contributed by atoms with Gasteiger partial charge in [-0.2, -0.15) is 0 Å². The van der Waals surface area contributed by atoms with Gasteiger partial charge in [0.25, 0.3) is 0 Å². The van der Waals surface area contributed by atoms with E-state index in [0.717, 1.165) is 18.3 Å². The van der Waals surface area contributed by atoms with E-state index < -0.39 is 0 Å². The van der Waals surface area contributed by atoms with Gasteiger partial charge in [0.1, 0.15) is 0 Å². The summed E-state index contributed by atoms with van der Waals surface area (Å²) < 4.78 is 0. The molecule has 1 heteroatoms. The first-order chi connectivity index (χ1) is 9.10. The van der Waals surface area contributed by atoms with Crippen LogP contribution in [0.5, 0.6) is 0 Å². The molecule has 0 aliphatic heterocycles. The van der Waals surface area contributed by atoms with Crippen LogP contribution in [0, 0.1) is 25.7 Å². The van der Waals surface area contributed by atoms with Gasteiger partial charge in [-0.05, 0) is 44.1 Å². The van der Waals surface area contributed by atoms with Gasteiger partial charge in [-0.3, -0.25) is 0 Å². The molecule has 1 aromatic carbocycles. The molecule has 1 saturated carbocycles. The summed E-state index contributed by atoms with van der Waals surface area (Å²) in [5.41, 5.74) is 10.7. The first-order valence-corrected chi connectivity index (χ1v) is 7.93. The summed E-state index contributed by atoms with van der Waals surface area (Å²) >= 11 is 0. The molecule has 0 spiro atoms. The van der Waals surface area contributed by atoms with Crippen molar-refractivity contribution in [2.75, 3.05) is 0 Å². The number of benzene rings is 1. The van der Waals surface area contributed by atoms with E-state index in [1.54, 1.807) is 0 Å². The van der Waals surface area contributed by atoms with E-state index in [1.165, 1.54) is 48.8 Å². The zero-order valence-electron chi connectivity index (χ0n) is 12.8. The molecule has 19 heavy (non-hydrogen) atoms. The Kier molecular flexibility index (Phi) is 5.04. The van der Waals surface area contributed by atoms with Crippen LogP contribution in [0.3, 0.4) is 0 Å². The van der Waals surface area contributed by atoms with Gasteiger partial charge in [0.15, 0.2) is 0 Å². The average molecular weight is 259 g/mol. The van der Waals surface area contributed by atoms with Crippen LogP contribution >= 0.6 is 0 Å². The Morgan fingerprint density at radius 2 is 1.74 bits per heavy atom. The molecule has 0 aromatic heterocycles. The van der Waals surface area contributed by atoms with Crippen LogP contribution in [0.4, 0.5) is 0 Å². The fraction of sp³-hybridized carbons (Fsp3) is 0.667. The molecular weight excluding hydrogens is 230 g/mol. The van der Waals surface area contributed by atoms with Gasteiger partial charge in [-0.15, -0.1) is 0 Å². The minimum Gasteiger partial charge on any atom is -0.327 e. The first kappa shape index (κ1) is 14.6. The van der Waals surface area contributed by atoms with Crippen molar-refractivity contribution in [3.8, 4) is 0 Å². The van der Waals surface area contributed by atoms with Crippen molar-refractivity contribution in [1.29, 1.82) is 0 Å². The lowest BCUT2D eigenvalue weighted by Gasteiger charge is -2.35. The quantitative estimate of drug-likeness (QED) is 0.852. The van der Waals surface area contributed by atoms with E-state index in [1.807, 2.05) is 0 Å². The molecule has 2 N–H and O–H groups in total. The molecule has 3 unspecified atom stereocenters. The third kappa shape index (κ3) is 3.82. The minimum atomic E-state index is 0.339. The largest absolute Gasteiger partial charge is 0.327 e. The van der Waals surface area contributed by atoms with Gasteiger partial charge in [0.05, 0.1) is 0 Å². The highest BCUT2D eigenvalue weighted by atomic mass is 14.7. The van der Waals surface area contributed by atoms with E-state index in [-0.39, 0.29) is 0 Å². The SMILES string of the molecule is CCC1CCCCC1C(N)Cc1cc(C)cc(C)c1. The molecule has 0 radical (unpaired) electrons. The molecule has 0 heterocycles. The Bertz CT molecular complexity index is 390. The molecule has 0 amide bonds. The summed E-state index contributed by atoms with van der Waals surface area (Å²) in [5.74, 6) is 1.59. The molecule has 106 valence electrons. The molecule has 1 aliphatic rings. The predicted molar refractivity (Wildman–Crippen MR) is 83.3 cm³/mol. The smallest absolute Gasteiger partial charge is 0.0110 e. The molecule has 2 rings (SSSR count). The zero-order valence-corrected chi connectivity index (χ0v) is 12.8. The fourth-order valence-electron chi connectivity index (χ4n) is 3.92. The molecular formula is C18H29N. The maximum atomic E-state index is 6.55. The summed E-state index contributed by atoms with van der Waals surface area (Å²) in [4.78, 5) is 0. The van der Waals surface area contributed by atoms with Crippen molar-refractivity contribution in [2.45, 2.75) is 65.3 Å². The van der Waals surface area contributed by atoms with Gasteiger partial charge >= 0.3 is 0 Å². The molecule has 0 bridgehead atoms. The Balaban J connectivity index is 2.04. The maximum Gasteiger partial charge on any atom is 0.0110 e. The second-order valence-corrected chi connectivity index (χ2v) is 6.48. The Morgan fingerprint density at radius 1 is 1.11 bits per heavy atom. The predicted octanol–water partition coefficient (Wildman–Crippen LogP) is 4.39. The zero-order chi connectivity index (χ0) is 13.8. The molecule has 1 nitrogen and oxygen atoms in total. The highest BCUT2D eigenvalue weighted by Gasteiger charge is 2.28. The Labute approximate surface area is 118 Å².